The minimum Gasteiger partial charge on any atom is -0.348 e. The molecule has 0 saturated carbocycles. The molecule has 2 aromatic rings. The van der Waals surface area contributed by atoms with Crippen LogP contribution in [-0.2, 0) is 0 Å². The molecule has 0 fully saturated rings. The number of pyridine rings is 1. The SMILES string of the molecule is O=Cc1cc2c(Br)c[nH]c(=O)c2[nH]1. The fourth-order valence-electron chi connectivity index (χ4n) is 1.19. The minimum absolute atomic E-state index is 0.230. The third-order valence-electron chi connectivity index (χ3n) is 1.78. The van der Waals surface area contributed by atoms with Crippen molar-refractivity contribution in [2.75, 3.05) is 0 Å². The van der Waals surface area contributed by atoms with E-state index in [4.69, 9.17) is 0 Å². The molecule has 0 aliphatic carbocycles. The van der Waals surface area contributed by atoms with Crippen molar-refractivity contribution >= 4 is 33.1 Å². The molecular formula is C8H5BrN2O2. The van der Waals surface area contributed by atoms with Gasteiger partial charge in [-0.3, -0.25) is 9.59 Å². The molecule has 0 spiro atoms. The van der Waals surface area contributed by atoms with Crippen LogP contribution in [-0.4, -0.2) is 16.3 Å². The molecule has 13 heavy (non-hydrogen) atoms. The molecule has 0 radical (unpaired) electrons. The number of fused-ring (bicyclic) bond motifs is 1. The second-order valence-electron chi connectivity index (χ2n) is 2.60. The van der Waals surface area contributed by atoms with Crippen molar-refractivity contribution in [3.05, 3.63) is 32.8 Å². The summed E-state index contributed by atoms with van der Waals surface area (Å²) in [5.74, 6) is 0. The maximum absolute atomic E-state index is 11.2. The summed E-state index contributed by atoms with van der Waals surface area (Å²) < 4.78 is 0.756. The average Bonchev–Trinajstić information content (AvgIpc) is 2.56. The first-order valence-electron chi connectivity index (χ1n) is 3.57. The quantitative estimate of drug-likeness (QED) is 0.741. The lowest BCUT2D eigenvalue weighted by atomic mass is 10.3. The van der Waals surface area contributed by atoms with E-state index in [0.717, 1.165) is 4.47 Å². The number of H-pyrrole nitrogens is 2. The van der Waals surface area contributed by atoms with Crippen LogP contribution >= 0.6 is 15.9 Å². The normalized spacial score (nSPS) is 10.5. The van der Waals surface area contributed by atoms with Crippen LogP contribution in [0.1, 0.15) is 10.5 Å². The van der Waals surface area contributed by atoms with E-state index >= 15 is 0 Å². The molecule has 0 aliphatic rings. The smallest absolute Gasteiger partial charge is 0.272 e. The molecule has 2 aromatic heterocycles. The number of aldehydes is 1. The van der Waals surface area contributed by atoms with E-state index in [1.807, 2.05) is 0 Å². The zero-order valence-electron chi connectivity index (χ0n) is 6.43. The Kier molecular flexibility index (Phi) is 1.81. The van der Waals surface area contributed by atoms with Gasteiger partial charge in [0, 0.05) is 16.1 Å². The summed E-state index contributed by atoms with van der Waals surface area (Å²) in [5, 5.41) is 0.714. The van der Waals surface area contributed by atoms with Crippen LogP contribution in [0.15, 0.2) is 21.5 Å². The standard InChI is InChI=1S/C8H5BrN2O2/c9-6-2-10-8(13)7-5(6)1-4(3-12)11-7/h1-3,11H,(H,10,13). The highest BCUT2D eigenvalue weighted by Gasteiger charge is 2.06. The molecule has 5 heteroatoms. The molecular weight excluding hydrogens is 236 g/mol. The van der Waals surface area contributed by atoms with Crippen molar-refractivity contribution in [3.63, 3.8) is 0 Å². The van der Waals surface area contributed by atoms with E-state index in [-0.39, 0.29) is 5.56 Å². The Morgan fingerprint density at radius 2 is 2.23 bits per heavy atom. The Morgan fingerprint density at radius 3 is 2.85 bits per heavy atom. The van der Waals surface area contributed by atoms with Crippen molar-refractivity contribution in [2.24, 2.45) is 0 Å². The fraction of sp³-hybridized carbons (Fsp3) is 0. The van der Waals surface area contributed by atoms with Crippen molar-refractivity contribution in [1.82, 2.24) is 9.97 Å². The number of rotatable bonds is 1. The van der Waals surface area contributed by atoms with Gasteiger partial charge in [-0.15, -0.1) is 0 Å². The van der Waals surface area contributed by atoms with Gasteiger partial charge in [-0.1, -0.05) is 0 Å². The van der Waals surface area contributed by atoms with Crippen LogP contribution < -0.4 is 5.56 Å². The van der Waals surface area contributed by atoms with E-state index in [9.17, 15) is 9.59 Å². The number of aromatic amines is 2. The number of carbonyl (C=O) groups excluding carboxylic acids is 1. The Bertz CT molecular complexity index is 526. The summed E-state index contributed by atoms with van der Waals surface area (Å²) in [4.78, 5) is 26.9. The van der Waals surface area contributed by atoms with Crippen LogP contribution in [0.5, 0.6) is 0 Å². The molecule has 2 rings (SSSR count). The number of aromatic nitrogens is 2. The topological polar surface area (TPSA) is 65.7 Å². The average molecular weight is 241 g/mol. The largest absolute Gasteiger partial charge is 0.348 e. The van der Waals surface area contributed by atoms with Gasteiger partial charge in [0.1, 0.15) is 5.52 Å². The van der Waals surface area contributed by atoms with Gasteiger partial charge in [-0.2, -0.15) is 0 Å². The first-order chi connectivity index (χ1) is 6.22. The Hall–Kier alpha value is -1.36. The van der Waals surface area contributed by atoms with Gasteiger partial charge in [-0.05, 0) is 22.0 Å². The molecule has 0 unspecified atom stereocenters. The van der Waals surface area contributed by atoms with Crippen LogP contribution in [0.2, 0.25) is 0 Å². The highest BCUT2D eigenvalue weighted by molar-refractivity contribution is 9.10. The fourth-order valence-corrected chi connectivity index (χ4v) is 1.61. The summed E-state index contributed by atoms with van der Waals surface area (Å²) in [6.45, 7) is 0. The van der Waals surface area contributed by atoms with E-state index in [1.165, 1.54) is 0 Å². The van der Waals surface area contributed by atoms with E-state index in [0.29, 0.717) is 22.9 Å². The summed E-state index contributed by atoms with van der Waals surface area (Å²) >= 11 is 3.27. The minimum atomic E-state index is -0.230. The van der Waals surface area contributed by atoms with Gasteiger partial charge in [0.2, 0.25) is 0 Å². The Labute approximate surface area is 81.1 Å². The highest BCUT2D eigenvalue weighted by Crippen LogP contribution is 2.20. The molecule has 0 amide bonds. The van der Waals surface area contributed by atoms with Crippen molar-refractivity contribution in [1.29, 1.82) is 0 Å². The maximum Gasteiger partial charge on any atom is 0.272 e. The van der Waals surface area contributed by atoms with Gasteiger partial charge in [0.15, 0.2) is 6.29 Å². The lowest BCUT2D eigenvalue weighted by Gasteiger charge is -1.90. The molecule has 4 nitrogen and oxygen atoms in total. The number of hydrogen-bond acceptors (Lipinski definition) is 2. The zero-order chi connectivity index (χ0) is 9.42. The molecule has 0 atom stereocenters. The lowest BCUT2D eigenvalue weighted by Crippen LogP contribution is -2.04. The maximum atomic E-state index is 11.2. The Morgan fingerprint density at radius 1 is 1.46 bits per heavy atom. The Balaban J connectivity index is 2.96. The summed E-state index contributed by atoms with van der Waals surface area (Å²) in [6.07, 6.45) is 2.22. The van der Waals surface area contributed by atoms with Crippen molar-refractivity contribution in [2.45, 2.75) is 0 Å². The predicted molar refractivity (Wildman–Crippen MR) is 52.0 cm³/mol. The van der Waals surface area contributed by atoms with Crippen LogP contribution in [0.3, 0.4) is 0 Å². The third-order valence-corrected chi connectivity index (χ3v) is 2.44. The molecule has 2 heterocycles. The molecule has 2 N–H and O–H groups in total. The molecule has 0 bridgehead atoms. The van der Waals surface area contributed by atoms with Gasteiger partial charge in [-0.25, -0.2) is 0 Å². The summed E-state index contributed by atoms with van der Waals surface area (Å²) in [6, 6.07) is 1.63. The summed E-state index contributed by atoms with van der Waals surface area (Å²) in [7, 11) is 0. The van der Waals surface area contributed by atoms with Crippen molar-refractivity contribution in [3.8, 4) is 0 Å². The van der Waals surface area contributed by atoms with Gasteiger partial charge >= 0.3 is 0 Å². The number of halogens is 1. The van der Waals surface area contributed by atoms with E-state index in [1.54, 1.807) is 12.3 Å². The lowest BCUT2D eigenvalue weighted by molar-refractivity contribution is 0.112. The van der Waals surface area contributed by atoms with Crippen LogP contribution in [0, 0.1) is 0 Å². The van der Waals surface area contributed by atoms with E-state index in [2.05, 4.69) is 25.9 Å². The first kappa shape index (κ1) is 8.25. The predicted octanol–water partition coefficient (Wildman–Crippen LogP) is 1.43. The molecule has 0 saturated heterocycles. The number of carbonyl (C=O) groups is 1. The number of nitrogens with one attached hydrogen (secondary N) is 2. The summed E-state index contributed by atoms with van der Waals surface area (Å²) in [5.41, 5.74) is 0.579. The van der Waals surface area contributed by atoms with Gasteiger partial charge in [0.25, 0.3) is 5.56 Å². The molecule has 66 valence electrons. The zero-order valence-corrected chi connectivity index (χ0v) is 8.01. The van der Waals surface area contributed by atoms with Crippen molar-refractivity contribution < 1.29 is 4.79 Å². The van der Waals surface area contributed by atoms with Crippen LogP contribution in [0.4, 0.5) is 0 Å². The number of hydrogen-bond donors (Lipinski definition) is 2. The second kappa shape index (κ2) is 2.85. The monoisotopic (exact) mass is 240 g/mol. The van der Waals surface area contributed by atoms with Crippen LogP contribution in [0.25, 0.3) is 10.9 Å². The first-order valence-corrected chi connectivity index (χ1v) is 4.37. The molecule has 0 aromatic carbocycles. The van der Waals surface area contributed by atoms with Gasteiger partial charge < -0.3 is 9.97 Å². The molecule has 0 aliphatic heterocycles. The van der Waals surface area contributed by atoms with Gasteiger partial charge in [0.05, 0.1) is 5.69 Å². The highest BCUT2D eigenvalue weighted by atomic mass is 79.9. The van der Waals surface area contributed by atoms with E-state index < -0.39 is 0 Å². The second-order valence-corrected chi connectivity index (χ2v) is 3.45. The third kappa shape index (κ3) is 1.21.